The van der Waals surface area contributed by atoms with Gasteiger partial charge >= 0.3 is 0 Å². The maximum atomic E-state index is 5.84. The number of nitrogens with zero attached hydrogens (tertiary/aromatic N) is 4. The molecule has 1 aliphatic carbocycles. The molecule has 0 amide bonds. The van der Waals surface area contributed by atoms with Crippen molar-refractivity contribution < 1.29 is 0 Å². The molecule has 234 valence electrons. The third-order valence-electron chi connectivity index (χ3n) is 10.1. The van der Waals surface area contributed by atoms with Gasteiger partial charge in [0, 0.05) is 33.4 Å². The quantitative estimate of drug-likeness (QED) is 0.184. The van der Waals surface area contributed by atoms with E-state index in [9.17, 15) is 0 Å². The van der Waals surface area contributed by atoms with Crippen molar-refractivity contribution in [2.24, 2.45) is 20.0 Å². The number of hydrogen-bond acceptors (Lipinski definition) is 4. The van der Waals surface area contributed by atoms with Crippen molar-refractivity contribution in [1.82, 2.24) is 0 Å². The predicted octanol–water partition coefficient (Wildman–Crippen LogP) is 9.81. The van der Waals surface area contributed by atoms with E-state index in [-0.39, 0.29) is 0 Å². The van der Waals surface area contributed by atoms with Crippen LogP contribution in [0, 0.1) is 0 Å². The zero-order valence-corrected chi connectivity index (χ0v) is 27.1. The Kier molecular flexibility index (Phi) is 6.27. The summed E-state index contributed by atoms with van der Waals surface area (Å²) in [5.41, 5.74) is 9.01. The Hall–Kier alpha value is -6.52. The van der Waals surface area contributed by atoms with Crippen LogP contribution in [0.4, 0.5) is 0 Å². The summed E-state index contributed by atoms with van der Waals surface area (Å²) in [7, 11) is 0. The fourth-order valence-electron chi connectivity index (χ4n) is 7.88. The summed E-state index contributed by atoms with van der Waals surface area (Å²) in [6, 6.07) is 63.2. The molecule has 0 saturated heterocycles. The first kappa shape index (κ1) is 28.5. The highest BCUT2D eigenvalue weighted by Crippen LogP contribution is 2.61. The predicted molar refractivity (Wildman–Crippen MR) is 205 cm³/mol. The Labute approximate surface area is 290 Å². The van der Waals surface area contributed by atoms with E-state index in [2.05, 4.69) is 158 Å². The minimum Gasteiger partial charge on any atom is -0.243 e. The van der Waals surface area contributed by atoms with Crippen molar-refractivity contribution >= 4 is 33.6 Å². The van der Waals surface area contributed by atoms with Crippen molar-refractivity contribution in [2.75, 3.05) is 0 Å². The van der Waals surface area contributed by atoms with Crippen molar-refractivity contribution in [3.05, 3.63) is 215 Å². The van der Waals surface area contributed by atoms with Crippen LogP contribution in [-0.2, 0) is 11.3 Å². The summed E-state index contributed by atoms with van der Waals surface area (Å²) in [4.78, 5) is 23.3. The van der Waals surface area contributed by atoms with Crippen molar-refractivity contribution in [3.63, 3.8) is 0 Å². The second kappa shape index (κ2) is 11.0. The topological polar surface area (TPSA) is 49.4 Å². The molecule has 0 unspecified atom stereocenters. The van der Waals surface area contributed by atoms with Crippen LogP contribution >= 0.6 is 0 Å². The zero-order chi connectivity index (χ0) is 33.1. The van der Waals surface area contributed by atoms with Crippen LogP contribution in [0.2, 0.25) is 0 Å². The average molecular weight is 639 g/mol. The second-order valence-corrected chi connectivity index (χ2v) is 12.9. The summed E-state index contributed by atoms with van der Waals surface area (Å²) in [6.45, 7) is 0. The Morgan fingerprint density at radius 2 is 0.680 bits per heavy atom. The first-order valence-corrected chi connectivity index (χ1v) is 17.0. The molecule has 0 bridgehead atoms. The summed E-state index contributed by atoms with van der Waals surface area (Å²) in [5.74, 6) is 0. The summed E-state index contributed by atoms with van der Waals surface area (Å²) < 4.78 is 0. The van der Waals surface area contributed by atoms with Gasteiger partial charge in [-0.15, -0.1) is 0 Å². The van der Waals surface area contributed by atoms with Gasteiger partial charge in [-0.25, -0.2) is 20.0 Å². The summed E-state index contributed by atoms with van der Waals surface area (Å²) in [6.07, 6.45) is 0. The maximum absolute atomic E-state index is 5.84. The van der Waals surface area contributed by atoms with E-state index in [0.29, 0.717) is 0 Å². The number of rotatable bonds is 4. The van der Waals surface area contributed by atoms with E-state index in [1.807, 2.05) is 24.3 Å². The molecule has 7 aromatic carbocycles. The van der Waals surface area contributed by atoms with Crippen molar-refractivity contribution in [2.45, 2.75) is 11.3 Å². The normalized spacial score (nSPS) is 16.4. The van der Waals surface area contributed by atoms with E-state index in [1.165, 1.54) is 0 Å². The molecular formula is C46H30N4. The third-order valence-corrected chi connectivity index (χ3v) is 10.1. The van der Waals surface area contributed by atoms with Crippen LogP contribution < -0.4 is 0 Å². The molecule has 0 aromatic heterocycles. The van der Waals surface area contributed by atoms with Crippen LogP contribution in [0.3, 0.4) is 0 Å². The Morgan fingerprint density at radius 3 is 1.16 bits per heavy atom. The molecule has 10 rings (SSSR count). The van der Waals surface area contributed by atoms with Crippen LogP contribution in [0.1, 0.15) is 33.4 Å². The lowest BCUT2D eigenvalue weighted by atomic mass is 9.70. The lowest BCUT2D eigenvalue weighted by molar-refractivity contribution is 0.254. The molecule has 2 aliphatic heterocycles. The minimum atomic E-state index is -1.26. The number of benzene rings is 7. The zero-order valence-electron chi connectivity index (χ0n) is 27.1. The molecular weight excluding hydrogens is 609 g/mol. The highest BCUT2D eigenvalue weighted by Gasteiger charge is 2.64. The molecule has 2 heterocycles. The molecule has 0 atom stereocenters. The van der Waals surface area contributed by atoms with Crippen LogP contribution in [0.25, 0.3) is 21.9 Å². The molecule has 4 heteroatoms. The first-order valence-electron chi connectivity index (χ1n) is 17.0. The third kappa shape index (κ3) is 4.05. The Balaban J connectivity index is 1.39. The molecule has 0 saturated carbocycles. The Bertz CT molecular complexity index is 2460. The van der Waals surface area contributed by atoms with Crippen LogP contribution in [0.15, 0.2) is 202 Å². The molecule has 0 fully saturated rings. The fraction of sp³-hybridized carbons (Fsp3) is 0.0435. The van der Waals surface area contributed by atoms with Crippen molar-refractivity contribution in [1.29, 1.82) is 0 Å². The van der Waals surface area contributed by atoms with Gasteiger partial charge < -0.3 is 0 Å². The lowest BCUT2D eigenvalue weighted by Crippen LogP contribution is -2.46. The van der Waals surface area contributed by atoms with Gasteiger partial charge in [-0.1, -0.05) is 182 Å². The van der Waals surface area contributed by atoms with Gasteiger partial charge in [0.15, 0.2) is 0 Å². The molecule has 2 spiro atoms. The lowest BCUT2D eigenvalue weighted by Gasteiger charge is -2.44. The van der Waals surface area contributed by atoms with Gasteiger partial charge in [0.25, 0.3) is 0 Å². The standard InChI is InChI=1S/C46H30N4/c1-5-18-32(19-6-1)41-42(33-20-7-2-8-21-33)48-45(47-41)38-28-16-15-27-37(38)40-36-26-14-13-17-31(36)29-30-39(40)46(45)49-43(34-22-9-3-10-23-34)44(50-46)35-24-11-4-12-25-35/h1-30H. The summed E-state index contributed by atoms with van der Waals surface area (Å²) in [5, 5.41) is 2.32. The first-order chi connectivity index (χ1) is 24.8. The monoisotopic (exact) mass is 638 g/mol. The fourth-order valence-corrected chi connectivity index (χ4v) is 7.88. The van der Waals surface area contributed by atoms with Gasteiger partial charge in [-0.2, -0.15) is 0 Å². The number of hydrogen-bond donors (Lipinski definition) is 0. The second-order valence-electron chi connectivity index (χ2n) is 12.9. The number of fused-ring (bicyclic) bond motifs is 8. The molecule has 7 aromatic rings. The Morgan fingerprint density at radius 1 is 0.300 bits per heavy atom. The van der Waals surface area contributed by atoms with Crippen molar-refractivity contribution in [3.8, 4) is 11.1 Å². The van der Waals surface area contributed by atoms with E-state index in [4.69, 9.17) is 20.0 Å². The van der Waals surface area contributed by atoms with Gasteiger partial charge in [-0.3, -0.25) is 0 Å². The highest BCUT2D eigenvalue weighted by atomic mass is 15.3. The van der Waals surface area contributed by atoms with Gasteiger partial charge in [0.1, 0.15) is 0 Å². The van der Waals surface area contributed by atoms with Crippen LogP contribution in [-0.4, -0.2) is 22.8 Å². The van der Waals surface area contributed by atoms with Gasteiger partial charge in [0.05, 0.1) is 22.8 Å². The van der Waals surface area contributed by atoms with E-state index in [0.717, 1.165) is 78.1 Å². The van der Waals surface area contributed by atoms with E-state index >= 15 is 0 Å². The molecule has 3 aliphatic rings. The summed E-state index contributed by atoms with van der Waals surface area (Å²) >= 11 is 0. The van der Waals surface area contributed by atoms with Gasteiger partial charge in [0.2, 0.25) is 11.3 Å². The number of aliphatic imine (C=N–C) groups is 4. The van der Waals surface area contributed by atoms with E-state index in [1.54, 1.807) is 0 Å². The van der Waals surface area contributed by atoms with Gasteiger partial charge in [-0.05, 0) is 21.9 Å². The largest absolute Gasteiger partial charge is 0.243 e. The molecule has 50 heavy (non-hydrogen) atoms. The smallest absolute Gasteiger partial charge is 0.227 e. The minimum absolute atomic E-state index is 0.828. The van der Waals surface area contributed by atoms with E-state index < -0.39 is 11.3 Å². The van der Waals surface area contributed by atoms with Crippen LogP contribution in [0.5, 0.6) is 0 Å². The average Bonchev–Trinajstić information content (AvgIpc) is 3.81. The molecule has 0 N–H and O–H groups in total. The maximum Gasteiger partial charge on any atom is 0.227 e. The highest BCUT2D eigenvalue weighted by molar-refractivity contribution is 6.56. The SMILES string of the molecule is c1ccc(C2=NC3(N=C2c2ccccc2)c2ccccc2-c2c(ccc4ccccc24)C32N=C(c3ccccc3)C(c3ccccc3)=N2)cc1. The molecule has 4 nitrogen and oxygen atoms in total. The molecule has 0 radical (unpaired) electrons.